The van der Waals surface area contributed by atoms with Crippen molar-refractivity contribution in [2.24, 2.45) is 5.92 Å². The van der Waals surface area contributed by atoms with Gasteiger partial charge in [0, 0.05) is 20.1 Å². The van der Waals surface area contributed by atoms with Crippen LogP contribution in [-0.4, -0.2) is 69.0 Å². The monoisotopic (exact) mass is 398 g/mol. The van der Waals surface area contributed by atoms with Gasteiger partial charge in [0.25, 0.3) is 10.2 Å². The standard InChI is InChI=1S/C18H26N2O6S/c1-3-24-18(21)14-7-6-10-20(11-14)27(22,23)19(2)12-15-13-25-16-8-4-5-9-17(16)26-15/h4-5,8-9,14-15H,3,6-7,10-13H2,1-2H3. The van der Waals surface area contributed by atoms with Crippen molar-refractivity contribution in [3.8, 4) is 11.5 Å². The van der Waals surface area contributed by atoms with Gasteiger partial charge in [0.15, 0.2) is 11.5 Å². The summed E-state index contributed by atoms with van der Waals surface area (Å²) in [6.07, 6.45) is 0.878. The minimum absolute atomic E-state index is 0.149. The van der Waals surface area contributed by atoms with Gasteiger partial charge in [0.1, 0.15) is 12.7 Å². The van der Waals surface area contributed by atoms with Crippen LogP contribution in [0.2, 0.25) is 0 Å². The van der Waals surface area contributed by atoms with Crippen LogP contribution in [0.4, 0.5) is 0 Å². The van der Waals surface area contributed by atoms with Crippen LogP contribution in [0.25, 0.3) is 0 Å². The Hall–Kier alpha value is -1.84. The molecule has 0 bridgehead atoms. The molecule has 150 valence electrons. The molecule has 3 rings (SSSR count). The number of carbonyl (C=O) groups is 1. The summed E-state index contributed by atoms with van der Waals surface area (Å²) in [5.41, 5.74) is 0. The summed E-state index contributed by atoms with van der Waals surface area (Å²) < 4.78 is 45.0. The lowest BCUT2D eigenvalue weighted by molar-refractivity contribution is -0.149. The molecule has 0 spiro atoms. The quantitative estimate of drug-likeness (QED) is 0.671. The Morgan fingerprint density at radius 3 is 2.81 bits per heavy atom. The smallest absolute Gasteiger partial charge is 0.310 e. The third-order valence-electron chi connectivity index (χ3n) is 4.75. The molecular formula is C18H26N2O6S. The Morgan fingerprint density at radius 2 is 2.07 bits per heavy atom. The molecule has 27 heavy (non-hydrogen) atoms. The van der Waals surface area contributed by atoms with Gasteiger partial charge in [0.2, 0.25) is 0 Å². The van der Waals surface area contributed by atoms with Gasteiger partial charge in [-0.1, -0.05) is 12.1 Å². The Morgan fingerprint density at radius 1 is 1.33 bits per heavy atom. The number of carbonyl (C=O) groups excluding carboxylic acids is 1. The van der Waals surface area contributed by atoms with E-state index >= 15 is 0 Å². The maximum atomic E-state index is 12.9. The Labute approximate surface area is 160 Å². The van der Waals surface area contributed by atoms with E-state index in [9.17, 15) is 13.2 Å². The van der Waals surface area contributed by atoms with Crippen molar-refractivity contribution >= 4 is 16.2 Å². The number of likely N-dealkylation sites (N-methyl/N-ethyl adjacent to an activating group) is 1. The van der Waals surface area contributed by atoms with Crippen LogP contribution >= 0.6 is 0 Å². The zero-order valence-corrected chi connectivity index (χ0v) is 16.5. The second-order valence-corrected chi connectivity index (χ2v) is 8.77. The van der Waals surface area contributed by atoms with Gasteiger partial charge in [-0.2, -0.15) is 17.0 Å². The van der Waals surface area contributed by atoms with Crippen molar-refractivity contribution in [1.82, 2.24) is 8.61 Å². The van der Waals surface area contributed by atoms with Crippen LogP contribution in [0, 0.1) is 5.92 Å². The van der Waals surface area contributed by atoms with E-state index in [0.717, 1.165) is 0 Å². The molecule has 1 fully saturated rings. The molecule has 2 atom stereocenters. The highest BCUT2D eigenvalue weighted by Crippen LogP contribution is 2.31. The molecule has 2 unspecified atom stereocenters. The highest BCUT2D eigenvalue weighted by Gasteiger charge is 2.36. The second kappa shape index (κ2) is 8.45. The van der Waals surface area contributed by atoms with Gasteiger partial charge >= 0.3 is 5.97 Å². The lowest BCUT2D eigenvalue weighted by Gasteiger charge is -2.35. The summed E-state index contributed by atoms with van der Waals surface area (Å²) in [5.74, 6) is 0.524. The molecule has 0 saturated carbocycles. The molecular weight excluding hydrogens is 372 g/mol. The number of benzene rings is 1. The molecule has 8 nitrogen and oxygen atoms in total. The van der Waals surface area contributed by atoms with Gasteiger partial charge < -0.3 is 14.2 Å². The Bertz CT molecular complexity index is 769. The molecule has 2 aliphatic rings. The van der Waals surface area contributed by atoms with Crippen LogP contribution < -0.4 is 9.47 Å². The van der Waals surface area contributed by atoms with Crippen LogP contribution in [0.15, 0.2) is 24.3 Å². The van der Waals surface area contributed by atoms with E-state index < -0.39 is 22.2 Å². The normalized spacial score (nSPS) is 23.2. The van der Waals surface area contributed by atoms with Gasteiger partial charge in [-0.15, -0.1) is 0 Å². The number of fused-ring (bicyclic) bond motifs is 1. The fourth-order valence-electron chi connectivity index (χ4n) is 3.34. The molecule has 1 aromatic carbocycles. The minimum Gasteiger partial charge on any atom is -0.486 e. The molecule has 2 heterocycles. The van der Waals surface area contributed by atoms with Crippen LogP contribution in [0.5, 0.6) is 11.5 Å². The first-order chi connectivity index (χ1) is 12.9. The Balaban J connectivity index is 1.62. The van der Waals surface area contributed by atoms with Crippen molar-refractivity contribution in [1.29, 1.82) is 0 Å². The van der Waals surface area contributed by atoms with Crippen molar-refractivity contribution in [3.05, 3.63) is 24.3 Å². The number of ether oxygens (including phenoxy) is 3. The number of piperidine rings is 1. The number of para-hydroxylation sites is 2. The van der Waals surface area contributed by atoms with E-state index in [0.29, 0.717) is 37.5 Å². The molecule has 0 aromatic heterocycles. The molecule has 1 saturated heterocycles. The number of hydrogen-bond donors (Lipinski definition) is 0. The maximum Gasteiger partial charge on any atom is 0.310 e. The van der Waals surface area contributed by atoms with Crippen LogP contribution in [-0.2, 0) is 19.7 Å². The third kappa shape index (κ3) is 4.53. The summed E-state index contributed by atoms with van der Waals surface area (Å²) in [7, 11) is -2.18. The first-order valence-electron chi connectivity index (χ1n) is 9.18. The zero-order chi connectivity index (χ0) is 19.4. The lowest BCUT2D eigenvalue weighted by atomic mass is 10.0. The molecule has 0 N–H and O–H groups in total. The van der Waals surface area contributed by atoms with E-state index in [1.165, 1.54) is 15.7 Å². The van der Waals surface area contributed by atoms with Crippen molar-refractivity contribution < 1.29 is 27.4 Å². The average molecular weight is 398 g/mol. The predicted octanol–water partition coefficient (Wildman–Crippen LogP) is 1.28. The first-order valence-corrected chi connectivity index (χ1v) is 10.6. The number of esters is 1. The molecule has 2 aliphatic heterocycles. The van der Waals surface area contributed by atoms with Crippen molar-refractivity contribution in [2.75, 3.05) is 39.9 Å². The SMILES string of the molecule is CCOC(=O)C1CCCN(S(=O)(=O)N(C)CC2COc3ccccc3O2)C1. The fraction of sp³-hybridized carbons (Fsp3) is 0.611. The lowest BCUT2D eigenvalue weighted by Crippen LogP contribution is -2.51. The summed E-state index contributed by atoms with van der Waals surface area (Å²) in [5, 5.41) is 0. The highest BCUT2D eigenvalue weighted by molar-refractivity contribution is 7.86. The third-order valence-corrected chi connectivity index (χ3v) is 6.67. The summed E-state index contributed by atoms with van der Waals surface area (Å²) in [4.78, 5) is 12.0. The summed E-state index contributed by atoms with van der Waals surface area (Å²) in [6, 6.07) is 7.31. The van der Waals surface area contributed by atoms with Crippen LogP contribution in [0.1, 0.15) is 19.8 Å². The average Bonchev–Trinajstić information content (AvgIpc) is 2.68. The van der Waals surface area contributed by atoms with Crippen molar-refractivity contribution in [3.63, 3.8) is 0 Å². The summed E-state index contributed by atoms with van der Waals surface area (Å²) in [6.45, 7) is 3.03. The molecule has 0 amide bonds. The van der Waals surface area contributed by atoms with Crippen LogP contribution in [0.3, 0.4) is 0 Å². The molecule has 1 aromatic rings. The van der Waals surface area contributed by atoms with Gasteiger partial charge in [-0.05, 0) is 31.9 Å². The van der Waals surface area contributed by atoms with E-state index in [1.54, 1.807) is 13.0 Å². The molecule has 0 aliphatic carbocycles. The van der Waals surface area contributed by atoms with E-state index in [-0.39, 0.29) is 25.7 Å². The molecule has 9 heteroatoms. The van der Waals surface area contributed by atoms with Gasteiger partial charge in [-0.25, -0.2) is 0 Å². The molecule has 0 radical (unpaired) electrons. The number of hydrogen-bond acceptors (Lipinski definition) is 6. The van der Waals surface area contributed by atoms with Gasteiger partial charge in [-0.3, -0.25) is 4.79 Å². The largest absolute Gasteiger partial charge is 0.486 e. The topological polar surface area (TPSA) is 85.4 Å². The van der Waals surface area contributed by atoms with E-state index in [2.05, 4.69) is 0 Å². The van der Waals surface area contributed by atoms with E-state index in [4.69, 9.17) is 14.2 Å². The number of rotatable bonds is 6. The van der Waals surface area contributed by atoms with Crippen molar-refractivity contribution in [2.45, 2.75) is 25.9 Å². The summed E-state index contributed by atoms with van der Waals surface area (Å²) >= 11 is 0. The second-order valence-electron chi connectivity index (χ2n) is 6.74. The first kappa shape index (κ1) is 19.9. The minimum atomic E-state index is -3.70. The van der Waals surface area contributed by atoms with Gasteiger partial charge in [0.05, 0.1) is 19.1 Å². The predicted molar refractivity (Wildman–Crippen MR) is 98.8 cm³/mol. The maximum absolute atomic E-state index is 12.9. The number of nitrogens with zero attached hydrogens (tertiary/aromatic N) is 2. The van der Waals surface area contributed by atoms with E-state index in [1.807, 2.05) is 18.2 Å². The fourth-order valence-corrected chi connectivity index (χ4v) is 4.81. The highest BCUT2D eigenvalue weighted by atomic mass is 32.2. The zero-order valence-electron chi connectivity index (χ0n) is 15.7. The Kier molecular flexibility index (Phi) is 6.23.